The molecule has 1 aliphatic carbocycles. The first kappa shape index (κ1) is 13.6. The van der Waals surface area contributed by atoms with E-state index in [4.69, 9.17) is 16.9 Å². The summed E-state index contributed by atoms with van der Waals surface area (Å²) in [6.45, 7) is 0. The third-order valence-corrected chi connectivity index (χ3v) is 4.85. The summed E-state index contributed by atoms with van der Waals surface area (Å²) in [5.41, 5.74) is 1.43. The molecule has 1 aliphatic rings. The van der Waals surface area contributed by atoms with Gasteiger partial charge in [0.2, 0.25) is 0 Å². The topological polar surface area (TPSA) is 35.8 Å². The van der Waals surface area contributed by atoms with Crippen molar-refractivity contribution in [2.75, 3.05) is 11.6 Å². The molecule has 1 saturated carbocycles. The second kappa shape index (κ2) is 6.36. The van der Waals surface area contributed by atoms with Gasteiger partial charge in [-0.25, -0.2) is 0 Å². The van der Waals surface area contributed by atoms with E-state index in [-0.39, 0.29) is 0 Å². The Kier molecular flexibility index (Phi) is 4.79. The van der Waals surface area contributed by atoms with Gasteiger partial charge >= 0.3 is 0 Å². The molecular formula is C14H17ClN2S. The maximum absolute atomic E-state index is 9.15. The molecule has 1 N–H and O–H groups in total. The molecule has 1 aromatic rings. The van der Waals surface area contributed by atoms with Crippen molar-refractivity contribution >= 4 is 29.1 Å². The zero-order valence-corrected chi connectivity index (χ0v) is 12.0. The average Bonchev–Trinajstić information content (AvgIpc) is 2.39. The molecule has 2 rings (SSSR count). The van der Waals surface area contributed by atoms with Gasteiger partial charge in [0.05, 0.1) is 16.3 Å². The van der Waals surface area contributed by atoms with E-state index in [9.17, 15) is 0 Å². The van der Waals surface area contributed by atoms with Crippen LogP contribution in [-0.2, 0) is 0 Å². The highest BCUT2D eigenvalue weighted by atomic mass is 35.5. The highest BCUT2D eigenvalue weighted by Gasteiger charge is 2.22. The van der Waals surface area contributed by atoms with Gasteiger partial charge in [-0.2, -0.15) is 17.0 Å². The van der Waals surface area contributed by atoms with Crippen LogP contribution in [0.4, 0.5) is 5.69 Å². The normalized spacial score (nSPS) is 23.4. The molecule has 0 spiro atoms. The summed E-state index contributed by atoms with van der Waals surface area (Å²) in [7, 11) is 0. The zero-order valence-electron chi connectivity index (χ0n) is 10.4. The number of nitrogens with one attached hydrogen (secondary N) is 1. The Balaban J connectivity index is 2.10. The second-order valence-corrected chi connectivity index (χ2v) is 6.19. The van der Waals surface area contributed by atoms with Gasteiger partial charge in [0.25, 0.3) is 0 Å². The van der Waals surface area contributed by atoms with E-state index in [1.807, 2.05) is 23.9 Å². The fraction of sp³-hybridized carbons (Fsp3) is 0.500. The molecule has 4 heteroatoms. The van der Waals surface area contributed by atoms with Gasteiger partial charge in [-0.15, -0.1) is 0 Å². The Morgan fingerprint density at radius 2 is 2.28 bits per heavy atom. The van der Waals surface area contributed by atoms with E-state index in [0.29, 0.717) is 16.6 Å². The number of anilines is 1. The predicted octanol–water partition coefficient (Wildman–Crippen LogP) is 4.30. The molecule has 2 unspecified atom stereocenters. The number of hydrogen-bond acceptors (Lipinski definition) is 3. The molecule has 0 radical (unpaired) electrons. The predicted molar refractivity (Wildman–Crippen MR) is 79.3 cm³/mol. The minimum absolute atomic E-state index is 0.460. The van der Waals surface area contributed by atoms with Crippen LogP contribution in [0.1, 0.15) is 31.2 Å². The van der Waals surface area contributed by atoms with E-state index in [2.05, 4.69) is 17.6 Å². The molecule has 0 heterocycles. The van der Waals surface area contributed by atoms with Crippen LogP contribution < -0.4 is 5.32 Å². The molecule has 2 nitrogen and oxygen atoms in total. The highest BCUT2D eigenvalue weighted by Crippen LogP contribution is 2.31. The minimum atomic E-state index is 0.460. The third-order valence-electron chi connectivity index (χ3n) is 3.44. The summed E-state index contributed by atoms with van der Waals surface area (Å²) in [5.74, 6) is 0. The summed E-state index contributed by atoms with van der Waals surface area (Å²) in [4.78, 5) is 0. The molecule has 1 aromatic carbocycles. The summed E-state index contributed by atoms with van der Waals surface area (Å²) in [6, 6.07) is 8.23. The van der Waals surface area contributed by atoms with E-state index in [0.717, 1.165) is 10.9 Å². The SMILES string of the molecule is CSC1CCCC(Nc2cccc(Cl)c2C#N)C1. The van der Waals surface area contributed by atoms with Crippen molar-refractivity contribution in [3.05, 3.63) is 28.8 Å². The second-order valence-electron chi connectivity index (χ2n) is 4.64. The van der Waals surface area contributed by atoms with Crippen LogP contribution in [0, 0.1) is 11.3 Å². The quantitative estimate of drug-likeness (QED) is 0.897. The molecular weight excluding hydrogens is 264 g/mol. The van der Waals surface area contributed by atoms with E-state index < -0.39 is 0 Å². The molecule has 0 saturated heterocycles. The maximum atomic E-state index is 9.15. The fourth-order valence-corrected chi connectivity index (χ4v) is 3.51. The number of rotatable bonds is 3. The van der Waals surface area contributed by atoms with Gasteiger partial charge in [0, 0.05) is 11.3 Å². The van der Waals surface area contributed by atoms with Crippen LogP contribution in [0.25, 0.3) is 0 Å². The van der Waals surface area contributed by atoms with Gasteiger partial charge in [-0.05, 0) is 37.7 Å². The average molecular weight is 281 g/mol. The van der Waals surface area contributed by atoms with Crippen molar-refractivity contribution < 1.29 is 0 Å². The molecule has 0 bridgehead atoms. The number of hydrogen-bond donors (Lipinski definition) is 1. The first-order chi connectivity index (χ1) is 8.74. The molecule has 0 aliphatic heterocycles. The standard InChI is InChI=1S/C14H17ClN2S/c1-18-11-5-2-4-10(8-11)17-14-7-3-6-13(15)12(14)9-16/h3,6-7,10-11,17H,2,4-5,8H2,1H3. The number of nitriles is 1. The Morgan fingerprint density at radius 3 is 3.00 bits per heavy atom. The van der Waals surface area contributed by atoms with Crippen LogP contribution in [-0.4, -0.2) is 17.5 Å². The van der Waals surface area contributed by atoms with Crippen LogP contribution in [0.3, 0.4) is 0 Å². The van der Waals surface area contributed by atoms with Crippen LogP contribution in [0.15, 0.2) is 18.2 Å². The third kappa shape index (κ3) is 3.13. The van der Waals surface area contributed by atoms with Crippen molar-refractivity contribution in [1.29, 1.82) is 5.26 Å². The zero-order chi connectivity index (χ0) is 13.0. The van der Waals surface area contributed by atoms with Crippen molar-refractivity contribution in [3.63, 3.8) is 0 Å². The Hall–Kier alpha value is -0.850. The van der Waals surface area contributed by atoms with Gasteiger partial charge in [0.1, 0.15) is 6.07 Å². The minimum Gasteiger partial charge on any atom is -0.381 e. The number of nitrogens with zero attached hydrogens (tertiary/aromatic N) is 1. The first-order valence-corrected chi connectivity index (χ1v) is 7.89. The van der Waals surface area contributed by atoms with E-state index in [1.54, 1.807) is 6.07 Å². The Bertz CT molecular complexity index is 456. The smallest absolute Gasteiger partial charge is 0.103 e. The van der Waals surface area contributed by atoms with Gasteiger partial charge < -0.3 is 5.32 Å². The number of benzene rings is 1. The number of thioether (sulfide) groups is 1. The number of halogens is 1. The molecule has 2 atom stereocenters. The van der Waals surface area contributed by atoms with Crippen LogP contribution in [0.5, 0.6) is 0 Å². The maximum Gasteiger partial charge on any atom is 0.103 e. The fourth-order valence-electron chi connectivity index (χ4n) is 2.47. The van der Waals surface area contributed by atoms with E-state index >= 15 is 0 Å². The largest absolute Gasteiger partial charge is 0.381 e. The van der Waals surface area contributed by atoms with Gasteiger partial charge in [-0.3, -0.25) is 0 Å². The lowest BCUT2D eigenvalue weighted by Crippen LogP contribution is -2.28. The summed E-state index contributed by atoms with van der Waals surface area (Å²) in [6.07, 6.45) is 7.08. The summed E-state index contributed by atoms with van der Waals surface area (Å²) >= 11 is 7.98. The first-order valence-electron chi connectivity index (χ1n) is 6.22. The van der Waals surface area contributed by atoms with Gasteiger partial charge in [0.15, 0.2) is 0 Å². The van der Waals surface area contributed by atoms with Crippen molar-refractivity contribution in [2.24, 2.45) is 0 Å². The lowest BCUT2D eigenvalue weighted by Gasteiger charge is -2.29. The van der Waals surface area contributed by atoms with Crippen molar-refractivity contribution in [2.45, 2.75) is 37.0 Å². The van der Waals surface area contributed by atoms with Crippen molar-refractivity contribution in [1.82, 2.24) is 0 Å². The molecule has 1 fully saturated rings. The van der Waals surface area contributed by atoms with Crippen LogP contribution in [0.2, 0.25) is 5.02 Å². The lowest BCUT2D eigenvalue weighted by atomic mass is 9.94. The lowest BCUT2D eigenvalue weighted by molar-refractivity contribution is 0.473. The summed E-state index contributed by atoms with van der Waals surface area (Å²) < 4.78 is 0. The van der Waals surface area contributed by atoms with E-state index in [1.165, 1.54) is 25.7 Å². The van der Waals surface area contributed by atoms with Gasteiger partial charge in [-0.1, -0.05) is 24.1 Å². The molecule has 18 heavy (non-hydrogen) atoms. The molecule has 0 aromatic heterocycles. The summed E-state index contributed by atoms with van der Waals surface area (Å²) in [5, 5.41) is 13.9. The Morgan fingerprint density at radius 1 is 1.44 bits per heavy atom. The monoisotopic (exact) mass is 280 g/mol. The molecule has 0 amide bonds. The van der Waals surface area contributed by atoms with Crippen molar-refractivity contribution in [3.8, 4) is 6.07 Å². The highest BCUT2D eigenvalue weighted by molar-refractivity contribution is 7.99. The molecule has 96 valence electrons. The van der Waals surface area contributed by atoms with Crippen LogP contribution >= 0.6 is 23.4 Å². The Labute approximate surface area is 118 Å².